The van der Waals surface area contributed by atoms with Crippen LogP contribution >= 0.6 is 0 Å². The maximum Gasteiger partial charge on any atom is 0.248 e. The van der Waals surface area contributed by atoms with Gasteiger partial charge in [-0.1, -0.05) is 13.0 Å². The van der Waals surface area contributed by atoms with Crippen molar-refractivity contribution in [1.29, 1.82) is 5.26 Å². The molecule has 1 saturated carbocycles. The van der Waals surface area contributed by atoms with Crippen molar-refractivity contribution in [2.45, 2.75) is 32.0 Å². The number of nitrogens with one attached hydrogen (secondary N) is 1. The van der Waals surface area contributed by atoms with E-state index in [1.54, 1.807) is 36.5 Å². The number of piperidine rings is 1. The minimum absolute atomic E-state index is 0.0324. The van der Waals surface area contributed by atoms with Gasteiger partial charge in [-0.05, 0) is 47.7 Å². The highest BCUT2D eigenvalue weighted by molar-refractivity contribution is 5.94. The number of rotatable bonds is 6. The minimum Gasteiger partial charge on any atom is -0.486 e. The third kappa shape index (κ3) is 5.12. The Bertz CT molecular complexity index is 1100. The lowest BCUT2D eigenvalue weighted by Crippen LogP contribution is -2.50. The molecule has 33 heavy (non-hydrogen) atoms. The van der Waals surface area contributed by atoms with Crippen LogP contribution in [-0.4, -0.2) is 58.8 Å². The van der Waals surface area contributed by atoms with Crippen LogP contribution in [0.25, 0.3) is 11.1 Å². The van der Waals surface area contributed by atoms with Gasteiger partial charge < -0.3 is 20.1 Å². The molecule has 2 amide bonds. The number of aliphatic hydroxyl groups is 1. The summed E-state index contributed by atoms with van der Waals surface area (Å²) in [6, 6.07) is 10.6. The Morgan fingerprint density at radius 3 is 2.76 bits per heavy atom. The van der Waals surface area contributed by atoms with E-state index in [-0.39, 0.29) is 42.6 Å². The molecule has 2 aromatic rings. The fourth-order valence-corrected chi connectivity index (χ4v) is 3.99. The quantitative estimate of drug-likeness (QED) is 0.696. The van der Waals surface area contributed by atoms with Crippen LogP contribution in [0.4, 0.5) is 10.2 Å². The van der Waals surface area contributed by atoms with Crippen molar-refractivity contribution in [1.82, 2.24) is 9.88 Å². The van der Waals surface area contributed by atoms with Crippen LogP contribution in [0.5, 0.6) is 5.75 Å². The van der Waals surface area contributed by atoms with Crippen LogP contribution in [0.1, 0.15) is 25.3 Å². The third-order valence-corrected chi connectivity index (χ3v) is 6.14. The molecule has 2 N–H and O–H groups in total. The second-order valence-electron chi connectivity index (χ2n) is 8.52. The number of pyridine rings is 1. The number of nitrogens with zero attached hydrogens (tertiary/aromatic N) is 3. The van der Waals surface area contributed by atoms with Gasteiger partial charge in [0, 0.05) is 25.1 Å². The first-order valence-electron chi connectivity index (χ1n) is 10.9. The van der Waals surface area contributed by atoms with Crippen LogP contribution in [-0.2, 0) is 9.59 Å². The van der Waals surface area contributed by atoms with Crippen LogP contribution in [0, 0.1) is 23.2 Å². The van der Waals surface area contributed by atoms with E-state index in [0.29, 0.717) is 11.7 Å². The number of amides is 2. The molecule has 4 atom stereocenters. The summed E-state index contributed by atoms with van der Waals surface area (Å²) < 4.78 is 20.4. The number of hydrogen-bond acceptors (Lipinski definition) is 6. The molecule has 2 fully saturated rings. The smallest absolute Gasteiger partial charge is 0.248 e. The molecule has 9 heteroatoms. The molecule has 8 nitrogen and oxygen atoms in total. The SMILES string of the molecule is C[C@@H]1CC1C(=O)Nc1cc(-c2ccc(OC3CCN(C(=O)CO)CC3F)c(C#N)c2)ccn1. The zero-order chi connectivity index (χ0) is 23.5. The molecule has 3 unspecified atom stereocenters. The summed E-state index contributed by atoms with van der Waals surface area (Å²) in [5.41, 5.74) is 1.76. The summed E-state index contributed by atoms with van der Waals surface area (Å²) in [7, 11) is 0. The van der Waals surface area contributed by atoms with Crippen molar-refractivity contribution in [2.24, 2.45) is 11.8 Å². The Labute approximate surface area is 191 Å². The van der Waals surface area contributed by atoms with Crippen LogP contribution in [0.3, 0.4) is 0 Å². The molecular formula is C24H25FN4O4. The van der Waals surface area contributed by atoms with Crippen molar-refractivity contribution in [2.75, 3.05) is 25.0 Å². The van der Waals surface area contributed by atoms with Gasteiger partial charge in [0.2, 0.25) is 11.8 Å². The molecule has 172 valence electrons. The lowest BCUT2D eigenvalue weighted by atomic mass is 10.0. The van der Waals surface area contributed by atoms with E-state index >= 15 is 0 Å². The van der Waals surface area contributed by atoms with Gasteiger partial charge in [-0.25, -0.2) is 9.37 Å². The molecule has 0 spiro atoms. The molecule has 2 aliphatic rings. The highest BCUT2D eigenvalue weighted by atomic mass is 19.1. The van der Waals surface area contributed by atoms with Gasteiger partial charge in [-0.3, -0.25) is 9.59 Å². The lowest BCUT2D eigenvalue weighted by molar-refractivity contribution is -0.138. The minimum atomic E-state index is -1.43. The Balaban J connectivity index is 1.46. The largest absolute Gasteiger partial charge is 0.486 e. The number of carbonyl (C=O) groups is 2. The van der Waals surface area contributed by atoms with E-state index in [9.17, 15) is 19.2 Å². The van der Waals surface area contributed by atoms with Gasteiger partial charge in [0.15, 0.2) is 6.17 Å². The predicted molar refractivity (Wildman–Crippen MR) is 118 cm³/mol. The zero-order valence-electron chi connectivity index (χ0n) is 18.2. The number of nitriles is 1. The number of likely N-dealkylation sites (tertiary alicyclic amines) is 1. The standard InChI is InChI=1S/C24H25FN4O4/c1-14-8-18(14)24(32)28-22-10-16(4-6-27-22)15-2-3-20(17(9-15)11-26)33-21-5-7-29(12-19(21)25)23(31)13-30/h2-4,6,9-10,14,18-19,21,30H,5,7-8,12-13H2,1H3,(H,27,28,32)/t14-,18?,19?,21?/m1/s1. The van der Waals surface area contributed by atoms with E-state index in [1.165, 1.54) is 4.90 Å². The average Bonchev–Trinajstić information content (AvgIpc) is 3.57. The van der Waals surface area contributed by atoms with Gasteiger partial charge in [0.25, 0.3) is 0 Å². The molecule has 0 radical (unpaired) electrons. The van der Waals surface area contributed by atoms with Gasteiger partial charge in [-0.15, -0.1) is 0 Å². The first-order valence-corrected chi connectivity index (χ1v) is 10.9. The van der Waals surface area contributed by atoms with Crippen LogP contribution in [0.2, 0.25) is 0 Å². The molecule has 1 aromatic heterocycles. The van der Waals surface area contributed by atoms with Crippen molar-refractivity contribution in [3.8, 4) is 22.9 Å². The fraction of sp³-hybridized carbons (Fsp3) is 0.417. The van der Waals surface area contributed by atoms with Gasteiger partial charge in [-0.2, -0.15) is 5.26 Å². The molecule has 2 heterocycles. The normalized spacial score (nSPS) is 24.0. The Morgan fingerprint density at radius 1 is 1.33 bits per heavy atom. The second-order valence-corrected chi connectivity index (χ2v) is 8.52. The first kappa shape index (κ1) is 22.7. The Kier molecular flexibility index (Phi) is 6.56. The van der Waals surface area contributed by atoms with Crippen LogP contribution in [0.15, 0.2) is 36.5 Å². The number of anilines is 1. The molecule has 1 saturated heterocycles. The number of benzene rings is 1. The van der Waals surface area contributed by atoms with E-state index in [4.69, 9.17) is 9.84 Å². The zero-order valence-corrected chi connectivity index (χ0v) is 18.2. The van der Waals surface area contributed by atoms with E-state index < -0.39 is 24.8 Å². The summed E-state index contributed by atoms with van der Waals surface area (Å²) in [6.07, 6.45) is 0.508. The summed E-state index contributed by atoms with van der Waals surface area (Å²) in [4.78, 5) is 29.2. The highest BCUT2D eigenvalue weighted by Crippen LogP contribution is 2.38. The monoisotopic (exact) mass is 452 g/mol. The summed E-state index contributed by atoms with van der Waals surface area (Å²) in [6.45, 7) is 1.49. The summed E-state index contributed by atoms with van der Waals surface area (Å²) in [5.74, 6) is 0.579. The van der Waals surface area contributed by atoms with Gasteiger partial charge in [0.05, 0.1) is 12.1 Å². The van der Waals surface area contributed by atoms with E-state index in [2.05, 4.69) is 16.4 Å². The number of alkyl halides is 1. The third-order valence-electron chi connectivity index (χ3n) is 6.14. The van der Waals surface area contributed by atoms with Gasteiger partial charge in [0.1, 0.15) is 30.3 Å². The molecule has 1 aliphatic carbocycles. The first-order chi connectivity index (χ1) is 15.9. The molecule has 4 rings (SSSR count). The number of ether oxygens (including phenoxy) is 1. The molecule has 1 aliphatic heterocycles. The predicted octanol–water partition coefficient (Wildman–Crippen LogP) is 2.52. The summed E-state index contributed by atoms with van der Waals surface area (Å²) >= 11 is 0. The maximum absolute atomic E-state index is 14.6. The maximum atomic E-state index is 14.6. The lowest BCUT2D eigenvalue weighted by Gasteiger charge is -2.34. The molecule has 1 aromatic carbocycles. The second kappa shape index (κ2) is 9.55. The number of aromatic nitrogens is 1. The van der Waals surface area contributed by atoms with E-state index in [1.807, 2.05) is 6.92 Å². The highest BCUT2D eigenvalue weighted by Gasteiger charge is 2.39. The number of halogens is 1. The van der Waals surface area contributed by atoms with Gasteiger partial charge >= 0.3 is 0 Å². The van der Waals surface area contributed by atoms with Crippen molar-refractivity contribution in [3.05, 3.63) is 42.1 Å². The van der Waals surface area contributed by atoms with Crippen molar-refractivity contribution in [3.63, 3.8) is 0 Å². The number of carbonyl (C=O) groups excluding carboxylic acids is 2. The molecule has 0 bridgehead atoms. The topological polar surface area (TPSA) is 116 Å². The number of aliphatic hydroxyl groups excluding tert-OH is 1. The van der Waals surface area contributed by atoms with E-state index in [0.717, 1.165) is 17.5 Å². The Morgan fingerprint density at radius 2 is 2.09 bits per heavy atom. The van der Waals surface area contributed by atoms with Crippen molar-refractivity contribution < 1.29 is 23.8 Å². The average molecular weight is 452 g/mol. The Hall–Kier alpha value is -3.51. The summed E-state index contributed by atoms with van der Waals surface area (Å²) in [5, 5.41) is 21.4. The fourth-order valence-electron chi connectivity index (χ4n) is 3.99. The van der Waals surface area contributed by atoms with Crippen molar-refractivity contribution >= 4 is 17.6 Å². The number of hydrogen-bond donors (Lipinski definition) is 2. The molecular weight excluding hydrogens is 427 g/mol. The van der Waals surface area contributed by atoms with Crippen LogP contribution < -0.4 is 10.1 Å².